The van der Waals surface area contributed by atoms with E-state index in [1.54, 1.807) is 55.1 Å². The molecule has 4 rings (SSSR count). The third kappa shape index (κ3) is 4.23. The number of nitrogens with one attached hydrogen (secondary N) is 3. The Morgan fingerprint density at radius 3 is 2.58 bits per heavy atom. The van der Waals surface area contributed by atoms with Gasteiger partial charge in [-0.2, -0.15) is 5.26 Å². The molecule has 2 aromatic carbocycles. The summed E-state index contributed by atoms with van der Waals surface area (Å²) in [6, 6.07) is 17.1. The van der Waals surface area contributed by atoms with Crippen LogP contribution in [0.4, 0.5) is 0 Å². The van der Waals surface area contributed by atoms with Crippen molar-refractivity contribution in [3.05, 3.63) is 93.5 Å². The second-order valence-corrected chi connectivity index (χ2v) is 7.44. The first-order valence-corrected chi connectivity index (χ1v) is 9.95. The molecule has 0 spiro atoms. The van der Waals surface area contributed by atoms with Gasteiger partial charge in [0.2, 0.25) is 0 Å². The molecule has 4 N–H and O–H groups in total. The Morgan fingerprint density at radius 2 is 1.88 bits per heavy atom. The zero-order chi connectivity index (χ0) is 23.5. The number of fused-ring (bicyclic) bond motifs is 1. The molecule has 2 amide bonds. The maximum Gasteiger partial charge on any atom is 0.274 e. The first-order chi connectivity index (χ1) is 15.9. The lowest BCUT2D eigenvalue weighted by Gasteiger charge is -2.07. The van der Waals surface area contributed by atoms with Crippen molar-refractivity contribution in [2.75, 3.05) is 0 Å². The van der Waals surface area contributed by atoms with E-state index in [0.29, 0.717) is 16.5 Å². The lowest BCUT2D eigenvalue weighted by atomic mass is 10.0. The van der Waals surface area contributed by atoms with Crippen molar-refractivity contribution in [1.29, 1.82) is 5.26 Å². The minimum absolute atomic E-state index is 0.199. The Bertz CT molecular complexity index is 1480. The van der Waals surface area contributed by atoms with Crippen molar-refractivity contribution in [3.8, 4) is 17.2 Å². The highest BCUT2D eigenvalue weighted by Gasteiger charge is 2.16. The van der Waals surface area contributed by atoms with Crippen LogP contribution in [0.5, 0.6) is 0 Å². The molecular weight excluding hydrogens is 422 g/mol. The number of rotatable bonds is 5. The van der Waals surface area contributed by atoms with Crippen molar-refractivity contribution in [2.45, 2.75) is 6.54 Å². The Morgan fingerprint density at radius 1 is 1.12 bits per heavy atom. The number of aromatic amines is 1. The highest BCUT2D eigenvalue weighted by Crippen LogP contribution is 2.28. The summed E-state index contributed by atoms with van der Waals surface area (Å²) in [7, 11) is 1.63. The van der Waals surface area contributed by atoms with Crippen LogP contribution in [-0.4, -0.2) is 26.6 Å². The van der Waals surface area contributed by atoms with Gasteiger partial charge < -0.3 is 14.9 Å². The molecule has 0 fully saturated rings. The summed E-state index contributed by atoms with van der Waals surface area (Å²) in [6.07, 6.45) is 1.68. The summed E-state index contributed by atoms with van der Waals surface area (Å²) in [6.45, 7) is 0.199. The van der Waals surface area contributed by atoms with Gasteiger partial charge in [-0.15, -0.1) is 0 Å². The van der Waals surface area contributed by atoms with Crippen LogP contribution in [0.3, 0.4) is 0 Å². The Hall–Kier alpha value is -4.68. The highest BCUT2D eigenvalue weighted by molar-refractivity contribution is 6.02. The molecule has 9 heteroatoms. The fourth-order valence-corrected chi connectivity index (χ4v) is 3.56. The van der Waals surface area contributed by atoms with Gasteiger partial charge in [-0.3, -0.25) is 19.6 Å². The number of hydroxylamine groups is 1. The first-order valence-electron chi connectivity index (χ1n) is 9.95. The van der Waals surface area contributed by atoms with Gasteiger partial charge in [0.05, 0.1) is 11.6 Å². The molecule has 33 heavy (non-hydrogen) atoms. The number of aromatic nitrogens is 2. The van der Waals surface area contributed by atoms with E-state index in [0.717, 1.165) is 16.7 Å². The molecule has 0 aliphatic heterocycles. The lowest BCUT2D eigenvalue weighted by Crippen LogP contribution is -2.23. The Labute approximate surface area is 187 Å². The van der Waals surface area contributed by atoms with E-state index in [4.69, 9.17) is 5.21 Å². The van der Waals surface area contributed by atoms with Gasteiger partial charge in [0.1, 0.15) is 11.2 Å². The number of H-pyrrole nitrogens is 1. The average molecular weight is 441 g/mol. The van der Waals surface area contributed by atoms with Gasteiger partial charge in [-0.1, -0.05) is 24.3 Å². The number of carbonyl (C=O) groups excluding carboxylic acids is 2. The SMILES string of the molecule is Cn1cc(-c2cccc(C#N)c2)c2cc(C(=O)NCc3ccc(C(=O)NO)cc3)[nH]c2c1=O. The van der Waals surface area contributed by atoms with Gasteiger partial charge in [-0.25, -0.2) is 5.48 Å². The molecule has 0 saturated carbocycles. The zero-order valence-corrected chi connectivity index (χ0v) is 17.5. The second kappa shape index (κ2) is 8.82. The van der Waals surface area contributed by atoms with Crippen molar-refractivity contribution in [2.24, 2.45) is 7.05 Å². The lowest BCUT2D eigenvalue weighted by molar-refractivity contribution is 0.0706. The number of pyridine rings is 1. The molecule has 2 aromatic heterocycles. The maximum absolute atomic E-state index is 12.8. The molecule has 0 aliphatic carbocycles. The van der Waals surface area contributed by atoms with Crippen molar-refractivity contribution in [1.82, 2.24) is 20.3 Å². The fourth-order valence-electron chi connectivity index (χ4n) is 3.56. The predicted octanol–water partition coefficient (Wildman–Crippen LogP) is 2.45. The number of nitriles is 1. The summed E-state index contributed by atoms with van der Waals surface area (Å²) in [5.41, 5.74) is 4.80. The molecule has 0 aliphatic rings. The summed E-state index contributed by atoms with van der Waals surface area (Å²) >= 11 is 0. The zero-order valence-electron chi connectivity index (χ0n) is 17.5. The van der Waals surface area contributed by atoms with E-state index in [2.05, 4.69) is 16.4 Å². The summed E-state index contributed by atoms with van der Waals surface area (Å²) in [4.78, 5) is 39.7. The number of amides is 2. The maximum atomic E-state index is 12.8. The number of nitrogens with zero attached hydrogens (tertiary/aromatic N) is 2. The molecule has 0 atom stereocenters. The van der Waals surface area contributed by atoms with Crippen molar-refractivity contribution >= 4 is 22.7 Å². The number of benzene rings is 2. The molecular formula is C24H19N5O4. The number of hydrogen-bond acceptors (Lipinski definition) is 5. The van der Waals surface area contributed by atoms with E-state index < -0.39 is 11.8 Å². The average Bonchev–Trinajstić information content (AvgIpc) is 3.30. The second-order valence-electron chi connectivity index (χ2n) is 7.44. The van der Waals surface area contributed by atoms with Crippen LogP contribution >= 0.6 is 0 Å². The van der Waals surface area contributed by atoms with Gasteiger partial charge in [0.25, 0.3) is 17.4 Å². The largest absolute Gasteiger partial charge is 0.347 e. The van der Waals surface area contributed by atoms with Crippen LogP contribution in [0.25, 0.3) is 22.0 Å². The number of carbonyl (C=O) groups is 2. The van der Waals surface area contributed by atoms with E-state index in [1.165, 1.54) is 16.7 Å². The summed E-state index contributed by atoms with van der Waals surface area (Å²) in [5.74, 6) is -1.02. The Balaban J connectivity index is 1.63. The predicted molar refractivity (Wildman–Crippen MR) is 121 cm³/mol. The van der Waals surface area contributed by atoms with E-state index in [1.807, 2.05) is 6.07 Å². The summed E-state index contributed by atoms with van der Waals surface area (Å²) < 4.78 is 1.43. The van der Waals surface area contributed by atoms with Crippen LogP contribution in [0.2, 0.25) is 0 Å². The highest BCUT2D eigenvalue weighted by atomic mass is 16.5. The van der Waals surface area contributed by atoms with Crippen LogP contribution in [0, 0.1) is 11.3 Å². The molecule has 0 radical (unpaired) electrons. The monoisotopic (exact) mass is 441 g/mol. The Kier molecular flexibility index (Phi) is 5.76. The van der Waals surface area contributed by atoms with Crippen LogP contribution < -0.4 is 16.4 Å². The van der Waals surface area contributed by atoms with Crippen LogP contribution in [0.15, 0.2) is 65.6 Å². The molecule has 0 saturated heterocycles. The minimum Gasteiger partial charge on any atom is -0.347 e. The first kappa shape index (κ1) is 21.5. The quantitative estimate of drug-likeness (QED) is 0.278. The topological polar surface area (TPSA) is 140 Å². The molecule has 9 nitrogen and oxygen atoms in total. The van der Waals surface area contributed by atoms with Gasteiger partial charge >= 0.3 is 0 Å². The van der Waals surface area contributed by atoms with Gasteiger partial charge in [-0.05, 0) is 41.5 Å². The number of aryl methyl sites for hydroxylation is 1. The third-order valence-corrected chi connectivity index (χ3v) is 5.28. The van der Waals surface area contributed by atoms with Crippen molar-refractivity contribution in [3.63, 3.8) is 0 Å². The van der Waals surface area contributed by atoms with Crippen LogP contribution in [0.1, 0.15) is 32.0 Å². The smallest absolute Gasteiger partial charge is 0.274 e. The van der Waals surface area contributed by atoms with Gasteiger partial charge in [0, 0.05) is 36.3 Å². The minimum atomic E-state index is -0.624. The summed E-state index contributed by atoms with van der Waals surface area (Å²) in [5, 5.41) is 21.2. The standard InChI is InChI=1S/C24H19N5O4/c1-29-13-19(17-4-2-3-15(9-17)11-25)18-10-20(27-21(18)24(29)32)23(31)26-12-14-5-7-16(8-6-14)22(30)28-33/h2-10,13,27,33H,12H2,1H3,(H,26,31)(H,28,30). The molecule has 164 valence electrons. The van der Waals surface area contributed by atoms with E-state index in [-0.39, 0.29) is 23.4 Å². The normalized spacial score (nSPS) is 10.6. The third-order valence-electron chi connectivity index (χ3n) is 5.28. The van der Waals surface area contributed by atoms with E-state index >= 15 is 0 Å². The fraction of sp³-hybridized carbons (Fsp3) is 0.0833. The number of hydrogen-bond donors (Lipinski definition) is 4. The molecule has 0 unspecified atom stereocenters. The van der Waals surface area contributed by atoms with Crippen molar-refractivity contribution < 1.29 is 14.8 Å². The van der Waals surface area contributed by atoms with E-state index in [9.17, 15) is 19.6 Å². The van der Waals surface area contributed by atoms with Crippen LogP contribution in [-0.2, 0) is 13.6 Å². The van der Waals surface area contributed by atoms with Gasteiger partial charge in [0.15, 0.2) is 0 Å². The molecule has 2 heterocycles. The molecule has 0 bridgehead atoms. The molecule has 4 aromatic rings.